The molecule has 0 saturated heterocycles. The van der Waals surface area contributed by atoms with E-state index in [9.17, 15) is 19.7 Å². The van der Waals surface area contributed by atoms with Crippen LogP contribution in [0.5, 0.6) is 17.2 Å². The quantitative estimate of drug-likeness (QED) is 0.0368. The molecule has 0 unspecified atom stereocenters. The van der Waals surface area contributed by atoms with Gasteiger partial charge in [-0.05, 0) is 80.5 Å². The summed E-state index contributed by atoms with van der Waals surface area (Å²) in [5, 5.41) is 11.5. The largest absolute Gasteiger partial charge is 0.494 e. The molecule has 10 nitrogen and oxygen atoms in total. The van der Waals surface area contributed by atoms with Crippen LogP contribution in [0, 0.1) is 10.1 Å². The van der Waals surface area contributed by atoms with Crippen molar-refractivity contribution in [2.75, 3.05) is 19.4 Å². The Morgan fingerprint density at radius 1 is 0.952 bits per heavy atom. The van der Waals surface area contributed by atoms with Crippen LogP contribution >= 0.6 is 0 Å². The highest BCUT2D eigenvalue weighted by atomic mass is 28.4. The van der Waals surface area contributed by atoms with Gasteiger partial charge in [0.15, 0.2) is 5.75 Å². The molecule has 222 valence electrons. The number of esters is 2. The first-order valence-corrected chi connectivity index (χ1v) is 16.5. The molecule has 0 radical (unpaired) electrons. The molecule has 0 saturated carbocycles. The van der Waals surface area contributed by atoms with E-state index in [0.29, 0.717) is 41.9 Å². The second kappa shape index (κ2) is 14.9. The van der Waals surface area contributed by atoms with Crippen LogP contribution in [0.2, 0.25) is 13.1 Å². The number of benzene rings is 3. The van der Waals surface area contributed by atoms with Gasteiger partial charge in [-0.25, -0.2) is 9.59 Å². The van der Waals surface area contributed by atoms with Crippen molar-refractivity contribution in [1.29, 1.82) is 0 Å². The number of nitro benzene ring substituents is 1. The third kappa shape index (κ3) is 9.86. The Morgan fingerprint density at radius 2 is 1.60 bits per heavy atom. The molecule has 0 spiro atoms. The number of ether oxygens (including phenoxy) is 4. The fourth-order valence-corrected chi connectivity index (χ4v) is 4.99. The average molecular weight is 594 g/mol. The Balaban J connectivity index is 1.52. The fraction of sp³-hybridized carbons (Fsp3) is 0.290. The second-order valence-corrected chi connectivity index (χ2v) is 14.3. The van der Waals surface area contributed by atoms with Crippen molar-refractivity contribution in [3.05, 3.63) is 95.1 Å². The van der Waals surface area contributed by atoms with Gasteiger partial charge in [0.1, 0.15) is 17.7 Å². The van der Waals surface area contributed by atoms with Crippen molar-refractivity contribution in [2.24, 2.45) is 0 Å². The van der Waals surface area contributed by atoms with Gasteiger partial charge >= 0.3 is 17.6 Å². The van der Waals surface area contributed by atoms with Gasteiger partial charge in [0.25, 0.3) is 0 Å². The molecule has 42 heavy (non-hydrogen) atoms. The summed E-state index contributed by atoms with van der Waals surface area (Å²) in [4.78, 5) is 34.8. The number of hydrogen-bond acceptors (Lipinski definition) is 9. The highest BCUT2D eigenvalue weighted by molar-refractivity contribution is 6.71. The molecule has 0 N–H and O–H groups in total. The van der Waals surface area contributed by atoms with E-state index >= 15 is 0 Å². The maximum atomic E-state index is 12.7. The second-order valence-electron chi connectivity index (χ2n) is 10.2. The molecule has 0 aliphatic heterocycles. The predicted molar refractivity (Wildman–Crippen MR) is 160 cm³/mol. The van der Waals surface area contributed by atoms with Gasteiger partial charge < -0.3 is 23.4 Å². The molecular weight excluding hydrogens is 558 g/mol. The number of carbonyl (C=O) groups is 2. The first kappa shape index (κ1) is 32.0. The van der Waals surface area contributed by atoms with E-state index in [-0.39, 0.29) is 24.1 Å². The molecule has 0 atom stereocenters. The van der Waals surface area contributed by atoms with Crippen LogP contribution in [0.15, 0.2) is 79.4 Å². The van der Waals surface area contributed by atoms with Crippen LogP contribution in [-0.4, -0.2) is 50.7 Å². The molecule has 0 fully saturated rings. The lowest BCUT2D eigenvalue weighted by atomic mass is 10.0. The standard InChI is InChI=1S/C31H35NO9Si/c1-6-30(33)37-18-7-19-39-42(4,5)21-38-26-13-10-24(11-14-26)31(34)41-27-15-8-23(9-16-27)25-12-17-29(40-22(2)3)28(20-25)32(35)36/h6,8-17,20,22H,1,7,18-19,21H2,2-5H3. The summed E-state index contributed by atoms with van der Waals surface area (Å²) in [7, 11) is -2.12. The van der Waals surface area contributed by atoms with Gasteiger partial charge in [0.05, 0.1) is 23.2 Å². The van der Waals surface area contributed by atoms with Crippen LogP contribution < -0.4 is 14.2 Å². The van der Waals surface area contributed by atoms with Gasteiger partial charge in [-0.15, -0.1) is 0 Å². The van der Waals surface area contributed by atoms with Crippen molar-refractivity contribution >= 4 is 25.9 Å². The molecule has 0 bridgehead atoms. The Morgan fingerprint density at radius 3 is 2.21 bits per heavy atom. The van der Waals surface area contributed by atoms with Crippen molar-refractivity contribution in [2.45, 2.75) is 39.5 Å². The number of nitrogens with zero attached hydrogens (tertiary/aromatic N) is 1. The van der Waals surface area contributed by atoms with Crippen molar-refractivity contribution < 1.29 is 37.9 Å². The smallest absolute Gasteiger partial charge is 0.343 e. The van der Waals surface area contributed by atoms with Gasteiger partial charge in [-0.2, -0.15) is 0 Å². The molecule has 0 heterocycles. The minimum absolute atomic E-state index is 0.119. The van der Waals surface area contributed by atoms with Gasteiger partial charge in [0.2, 0.25) is 8.32 Å². The molecule has 3 rings (SSSR count). The van der Waals surface area contributed by atoms with Crippen LogP contribution in [0.25, 0.3) is 11.1 Å². The van der Waals surface area contributed by atoms with Crippen molar-refractivity contribution in [1.82, 2.24) is 0 Å². The van der Waals surface area contributed by atoms with E-state index < -0.39 is 25.2 Å². The number of rotatable bonds is 15. The number of carbonyl (C=O) groups excluding carboxylic acids is 2. The molecule has 0 aromatic heterocycles. The highest BCUT2D eigenvalue weighted by Crippen LogP contribution is 2.33. The van der Waals surface area contributed by atoms with E-state index in [4.69, 9.17) is 23.4 Å². The zero-order valence-electron chi connectivity index (χ0n) is 24.2. The predicted octanol–water partition coefficient (Wildman–Crippen LogP) is 6.53. The summed E-state index contributed by atoms with van der Waals surface area (Å²) in [5.74, 6) is 0.155. The van der Waals surface area contributed by atoms with Crippen molar-refractivity contribution in [3.63, 3.8) is 0 Å². The minimum atomic E-state index is -2.12. The Hall–Kier alpha value is -4.48. The van der Waals surface area contributed by atoms with Gasteiger partial charge in [0, 0.05) is 25.2 Å². The molecule has 0 amide bonds. The summed E-state index contributed by atoms with van der Waals surface area (Å²) in [5.41, 5.74) is 1.59. The summed E-state index contributed by atoms with van der Waals surface area (Å²) in [6.07, 6.45) is 1.92. The van der Waals surface area contributed by atoms with Gasteiger partial charge in [-0.1, -0.05) is 24.8 Å². The van der Waals surface area contributed by atoms with E-state index in [2.05, 4.69) is 6.58 Å². The van der Waals surface area contributed by atoms with E-state index in [0.717, 1.165) is 11.6 Å². The van der Waals surface area contributed by atoms with E-state index in [1.54, 1.807) is 74.5 Å². The first-order chi connectivity index (χ1) is 20.0. The molecule has 0 aliphatic rings. The Labute approximate surface area is 246 Å². The molecule has 3 aromatic rings. The third-order valence-electron chi connectivity index (χ3n) is 5.79. The number of hydrogen-bond donors (Lipinski definition) is 0. The molecular formula is C31H35NO9Si. The van der Waals surface area contributed by atoms with Crippen LogP contribution in [0.4, 0.5) is 5.69 Å². The molecule has 3 aromatic carbocycles. The zero-order valence-corrected chi connectivity index (χ0v) is 25.2. The maximum absolute atomic E-state index is 12.7. The SMILES string of the molecule is C=CC(=O)OCCCO[Si](C)(C)COc1ccc(C(=O)Oc2ccc(-c3ccc(OC(C)C)c([N+](=O)[O-])c3)cc2)cc1. The topological polar surface area (TPSA) is 123 Å². The summed E-state index contributed by atoms with van der Waals surface area (Å²) >= 11 is 0. The van der Waals surface area contributed by atoms with Gasteiger partial charge in [-0.3, -0.25) is 10.1 Å². The third-order valence-corrected chi connectivity index (χ3v) is 7.61. The lowest BCUT2D eigenvalue weighted by molar-refractivity contribution is -0.386. The lowest BCUT2D eigenvalue weighted by Crippen LogP contribution is -2.39. The Kier molecular flexibility index (Phi) is 11.4. The Bertz CT molecular complexity index is 1390. The number of nitro groups is 1. The first-order valence-electron chi connectivity index (χ1n) is 13.4. The average Bonchev–Trinajstić information content (AvgIpc) is 2.96. The minimum Gasteiger partial charge on any atom is -0.494 e. The molecule has 11 heteroatoms. The normalized spacial score (nSPS) is 11.1. The van der Waals surface area contributed by atoms with Crippen LogP contribution in [-0.2, 0) is 14.0 Å². The van der Waals surface area contributed by atoms with Crippen LogP contribution in [0.3, 0.4) is 0 Å². The monoisotopic (exact) mass is 593 g/mol. The highest BCUT2D eigenvalue weighted by Gasteiger charge is 2.24. The summed E-state index contributed by atoms with van der Waals surface area (Å²) < 4.78 is 27.8. The van der Waals surface area contributed by atoms with E-state index in [1.807, 2.05) is 13.1 Å². The van der Waals surface area contributed by atoms with Crippen molar-refractivity contribution in [3.8, 4) is 28.4 Å². The summed E-state index contributed by atoms with van der Waals surface area (Å²) in [6, 6.07) is 18.1. The maximum Gasteiger partial charge on any atom is 0.343 e. The molecule has 0 aliphatic carbocycles. The lowest BCUT2D eigenvalue weighted by Gasteiger charge is -2.23. The fourth-order valence-electron chi connectivity index (χ4n) is 3.70. The summed E-state index contributed by atoms with van der Waals surface area (Å²) in [6.45, 7) is 11.7. The zero-order chi connectivity index (χ0) is 30.7. The van der Waals surface area contributed by atoms with Crippen LogP contribution in [0.1, 0.15) is 30.6 Å². The van der Waals surface area contributed by atoms with E-state index in [1.165, 1.54) is 6.07 Å².